The number of aromatic hydroxyl groups is 1. The zero-order chi connectivity index (χ0) is 15.1. The summed E-state index contributed by atoms with van der Waals surface area (Å²) in [5, 5.41) is 13.0. The summed E-state index contributed by atoms with van der Waals surface area (Å²) >= 11 is 0. The highest BCUT2D eigenvalue weighted by molar-refractivity contribution is 5.28. The van der Waals surface area contributed by atoms with Gasteiger partial charge in [0, 0.05) is 18.3 Å². The van der Waals surface area contributed by atoms with Crippen LogP contribution >= 0.6 is 0 Å². The molecular weight excluding hydrogens is 264 g/mol. The van der Waals surface area contributed by atoms with Crippen LogP contribution in [0.3, 0.4) is 0 Å². The van der Waals surface area contributed by atoms with Crippen LogP contribution in [0, 0.1) is 0 Å². The molecule has 0 aliphatic rings. The lowest BCUT2D eigenvalue weighted by atomic mass is 9.99. The summed E-state index contributed by atoms with van der Waals surface area (Å²) in [6.45, 7) is 3.01. The van der Waals surface area contributed by atoms with Crippen molar-refractivity contribution in [2.45, 2.75) is 25.8 Å². The number of methoxy groups -OCH3 is 1. The number of ether oxygens (including phenoxy) is 1. The van der Waals surface area contributed by atoms with E-state index in [4.69, 9.17) is 4.74 Å². The molecule has 0 aliphatic carbocycles. The summed E-state index contributed by atoms with van der Waals surface area (Å²) in [5.74, 6) is 0.945. The predicted octanol–water partition coefficient (Wildman–Crippen LogP) is 2.56. The summed E-state index contributed by atoms with van der Waals surface area (Å²) < 4.78 is 5.08. The van der Waals surface area contributed by atoms with Crippen molar-refractivity contribution in [2.24, 2.45) is 0 Å². The minimum atomic E-state index is 0.312. The summed E-state index contributed by atoms with van der Waals surface area (Å²) in [4.78, 5) is 4.24. The maximum Gasteiger partial charge on any atom is 0.212 e. The van der Waals surface area contributed by atoms with E-state index in [1.165, 1.54) is 5.56 Å². The fraction of sp³-hybridized carbons (Fsp3) is 0.353. The molecule has 2 aromatic rings. The number of phenolic OH excluding ortho intramolecular Hbond substituents is 1. The van der Waals surface area contributed by atoms with Crippen LogP contribution in [0.15, 0.2) is 42.6 Å². The van der Waals surface area contributed by atoms with Crippen LogP contribution in [0.25, 0.3) is 0 Å². The van der Waals surface area contributed by atoms with Crippen molar-refractivity contribution in [1.29, 1.82) is 0 Å². The van der Waals surface area contributed by atoms with E-state index in [2.05, 4.69) is 17.2 Å². The molecule has 1 heterocycles. The second kappa shape index (κ2) is 7.64. The molecule has 1 aromatic carbocycles. The smallest absolute Gasteiger partial charge is 0.212 e. The minimum absolute atomic E-state index is 0.312. The number of aromatic nitrogens is 1. The van der Waals surface area contributed by atoms with Crippen molar-refractivity contribution >= 4 is 0 Å². The van der Waals surface area contributed by atoms with Crippen LogP contribution in [-0.4, -0.2) is 29.8 Å². The molecule has 1 unspecified atom stereocenters. The third kappa shape index (κ3) is 4.76. The van der Waals surface area contributed by atoms with Crippen LogP contribution in [-0.2, 0) is 12.8 Å². The van der Waals surface area contributed by atoms with Gasteiger partial charge in [0.15, 0.2) is 0 Å². The number of hydrogen-bond donors (Lipinski definition) is 2. The predicted molar refractivity (Wildman–Crippen MR) is 83.8 cm³/mol. The van der Waals surface area contributed by atoms with E-state index in [1.54, 1.807) is 13.2 Å². The Morgan fingerprint density at radius 2 is 2.00 bits per heavy atom. The first-order valence-electron chi connectivity index (χ1n) is 7.21. The van der Waals surface area contributed by atoms with Gasteiger partial charge in [-0.3, -0.25) is 0 Å². The molecule has 0 amide bonds. The molecule has 4 heteroatoms. The molecule has 0 fully saturated rings. The van der Waals surface area contributed by atoms with Gasteiger partial charge in [-0.15, -0.1) is 0 Å². The van der Waals surface area contributed by atoms with Gasteiger partial charge in [0.25, 0.3) is 0 Å². The van der Waals surface area contributed by atoms with Crippen LogP contribution in [0.5, 0.6) is 11.6 Å². The molecule has 0 saturated carbocycles. The van der Waals surface area contributed by atoms with Gasteiger partial charge in [-0.25, -0.2) is 4.98 Å². The fourth-order valence-electron chi connectivity index (χ4n) is 2.41. The first kappa shape index (κ1) is 15.3. The Morgan fingerprint density at radius 3 is 2.62 bits per heavy atom. The lowest BCUT2D eigenvalue weighted by Crippen LogP contribution is -2.33. The van der Waals surface area contributed by atoms with Gasteiger partial charge in [0.05, 0.1) is 7.11 Å². The van der Waals surface area contributed by atoms with E-state index in [0.29, 0.717) is 17.7 Å². The number of phenols is 1. The summed E-state index contributed by atoms with van der Waals surface area (Å²) in [5.41, 5.74) is 2.30. The van der Waals surface area contributed by atoms with Crippen LogP contribution in [0.2, 0.25) is 0 Å². The van der Waals surface area contributed by atoms with E-state index in [-0.39, 0.29) is 0 Å². The van der Waals surface area contributed by atoms with Gasteiger partial charge in [0.1, 0.15) is 5.75 Å². The van der Waals surface area contributed by atoms with Crippen LogP contribution in [0.1, 0.15) is 18.1 Å². The number of rotatable bonds is 7. The summed E-state index contributed by atoms with van der Waals surface area (Å²) in [6, 6.07) is 11.7. The monoisotopic (exact) mass is 286 g/mol. The molecular formula is C17H22N2O2. The first-order chi connectivity index (χ1) is 10.2. The minimum Gasteiger partial charge on any atom is -0.508 e. The molecule has 1 atom stereocenters. The number of nitrogens with one attached hydrogen (secondary N) is 1. The van der Waals surface area contributed by atoms with E-state index >= 15 is 0 Å². The Morgan fingerprint density at radius 1 is 1.19 bits per heavy atom. The number of nitrogens with zero attached hydrogens (tertiary/aromatic N) is 1. The average Bonchev–Trinajstić information content (AvgIpc) is 2.48. The van der Waals surface area contributed by atoms with E-state index in [9.17, 15) is 5.11 Å². The summed E-state index contributed by atoms with van der Waals surface area (Å²) in [7, 11) is 1.62. The Kier molecular flexibility index (Phi) is 5.58. The Balaban J connectivity index is 2.04. The van der Waals surface area contributed by atoms with Gasteiger partial charge in [-0.05, 0) is 42.6 Å². The van der Waals surface area contributed by atoms with Crippen molar-refractivity contribution in [2.75, 3.05) is 13.7 Å². The quantitative estimate of drug-likeness (QED) is 0.821. The largest absolute Gasteiger partial charge is 0.508 e. The van der Waals surface area contributed by atoms with Crippen molar-refractivity contribution in [3.05, 3.63) is 53.7 Å². The van der Waals surface area contributed by atoms with Gasteiger partial charge in [0.2, 0.25) is 5.88 Å². The molecule has 0 saturated heterocycles. The van der Waals surface area contributed by atoms with Gasteiger partial charge in [-0.1, -0.05) is 25.1 Å². The fourth-order valence-corrected chi connectivity index (χ4v) is 2.41. The van der Waals surface area contributed by atoms with E-state index in [0.717, 1.165) is 24.9 Å². The number of pyridine rings is 1. The SMILES string of the molecule is CCNC(Cc1ccc(OC)nc1)Cc1cccc(O)c1. The lowest BCUT2D eigenvalue weighted by Gasteiger charge is -2.18. The average molecular weight is 286 g/mol. The Hall–Kier alpha value is -2.07. The van der Waals surface area contributed by atoms with Crippen molar-refractivity contribution < 1.29 is 9.84 Å². The highest BCUT2D eigenvalue weighted by Gasteiger charge is 2.10. The lowest BCUT2D eigenvalue weighted by molar-refractivity contribution is 0.397. The van der Waals surface area contributed by atoms with Crippen LogP contribution < -0.4 is 10.1 Å². The highest BCUT2D eigenvalue weighted by Crippen LogP contribution is 2.15. The van der Waals surface area contributed by atoms with Gasteiger partial charge >= 0.3 is 0 Å². The topological polar surface area (TPSA) is 54.4 Å². The summed E-state index contributed by atoms with van der Waals surface area (Å²) in [6.07, 6.45) is 3.61. The molecule has 0 bridgehead atoms. The third-order valence-electron chi connectivity index (χ3n) is 3.37. The van der Waals surface area contributed by atoms with E-state index < -0.39 is 0 Å². The normalized spacial score (nSPS) is 12.1. The Labute approximate surface area is 125 Å². The molecule has 2 N–H and O–H groups in total. The first-order valence-corrected chi connectivity index (χ1v) is 7.21. The maximum atomic E-state index is 9.56. The van der Waals surface area contributed by atoms with Crippen molar-refractivity contribution in [3.8, 4) is 11.6 Å². The van der Waals surface area contributed by atoms with E-state index in [1.807, 2.05) is 36.5 Å². The standard InChI is InChI=1S/C17H22N2O2/c1-3-18-15(9-13-5-4-6-16(20)11-13)10-14-7-8-17(21-2)19-12-14/h4-8,11-12,15,18,20H,3,9-10H2,1-2H3. The number of likely N-dealkylation sites (N-methyl/N-ethyl adjacent to an activating group) is 1. The molecule has 4 nitrogen and oxygen atoms in total. The number of benzene rings is 1. The molecule has 0 spiro atoms. The molecule has 2 rings (SSSR count). The molecule has 21 heavy (non-hydrogen) atoms. The van der Waals surface area contributed by atoms with Gasteiger partial charge < -0.3 is 15.2 Å². The zero-order valence-corrected chi connectivity index (χ0v) is 12.5. The van der Waals surface area contributed by atoms with Gasteiger partial charge in [-0.2, -0.15) is 0 Å². The molecule has 112 valence electrons. The maximum absolute atomic E-state index is 9.56. The third-order valence-corrected chi connectivity index (χ3v) is 3.37. The molecule has 0 aliphatic heterocycles. The van der Waals surface area contributed by atoms with Crippen molar-refractivity contribution in [1.82, 2.24) is 10.3 Å². The zero-order valence-electron chi connectivity index (χ0n) is 12.5. The second-order valence-corrected chi connectivity index (χ2v) is 5.04. The van der Waals surface area contributed by atoms with Crippen molar-refractivity contribution in [3.63, 3.8) is 0 Å². The number of hydrogen-bond acceptors (Lipinski definition) is 4. The molecule has 0 radical (unpaired) electrons. The highest BCUT2D eigenvalue weighted by atomic mass is 16.5. The Bertz CT molecular complexity index is 555. The molecule has 1 aromatic heterocycles. The second-order valence-electron chi connectivity index (χ2n) is 5.04. The van der Waals surface area contributed by atoms with Crippen LogP contribution in [0.4, 0.5) is 0 Å².